The van der Waals surface area contributed by atoms with E-state index in [1.807, 2.05) is 0 Å². The molecule has 1 aliphatic rings. The van der Waals surface area contributed by atoms with Crippen molar-refractivity contribution < 1.29 is 23.1 Å². The van der Waals surface area contributed by atoms with Gasteiger partial charge in [-0.25, -0.2) is 0 Å². The van der Waals surface area contributed by atoms with Crippen molar-refractivity contribution in [2.24, 2.45) is 11.8 Å². The highest BCUT2D eigenvalue weighted by molar-refractivity contribution is 5.78. The van der Waals surface area contributed by atoms with Gasteiger partial charge in [-0.1, -0.05) is 0 Å². The number of aliphatic hydroxyl groups is 1. The first kappa shape index (κ1) is 14.3. The highest BCUT2D eigenvalue weighted by Crippen LogP contribution is 2.39. The van der Waals surface area contributed by atoms with Crippen LogP contribution in [0.2, 0.25) is 0 Å². The minimum Gasteiger partial charge on any atom is -0.392 e. The Morgan fingerprint density at radius 3 is 2.29 bits per heavy atom. The maximum Gasteiger partial charge on any atom is 0.391 e. The van der Waals surface area contributed by atoms with Gasteiger partial charge in [-0.15, -0.1) is 0 Å². The molecule has 0 bridgehead atoms. The lowest BCUT2D eigenvalue weighted by molar-refractivity contribution is -0.184. The van der Waals surface area contributed by atoms with Crippen LogP contribution in [-0.2, 0) is 4.79 Å². The van der Waals surface area contributed by atoms with Crippen LogP contribution in [0.3, 0.4) is 0 Å². The number of alkyl halides is 3. The Bertz CT molecular complexity index is 258. The summed E-state index contributed by atoms with van der Waals surface area (Å²) in [5.41, 5.74) is 0. The van der Waals surface area contributed by atoms with Gasteiger partial charge in [0.2, 0.25) is 5.91 Å². The van der Waals surface area contributed by atoms with Gasteiger partial charge in [0.25, 0.3) is 0 Å². The van der Waals surface area contributed by atoms with Gasteiger partial charge in [-0.3, -0.25) is 4.79 Å². The van der Waals surface area contributed by atoms with E-state index in [0.717, 1.165) is 0 Å². The molecule has 0 unspecified atom stereocenters. The van der Waals surface area contributed by atoms with E-state index < -0.39 is 18.2 Å². The summed E-state index contributed by atoms with van der Waals surface area (Å²) in [7, 11) is 0. The van der Waals surface area contributed by atoms with Gasteiger partial charge in [0.05, 0.1) is 12.0 Å². The zero-order chi connectivity index (χ0) is 13.1. The topological polar surface area (TPSA) is 49.3 Å². The number of carbonyl (C=O) groups excluding carboxylic acids is 1. The molecule has 2 N–H and O–H groups in total. The number of aliphatic hydroxyl groups excluding tert-OH is 1. The Morgan fingerprint density at radius 2 is 1.88 bits per heavy atom. The van der Waals surface area contributed by atoms with Gasteiger partial charge in [0.15, 0.2) is 0 Å². The highest BCUT2D eigenvalue weighted by atomic mass is 19.4. The Labute approximate surface area is 98.4 Å². The minimum atomic E-state index is -4.14. The second kappa shape index (κ2) is 5.71. The second-order valence-corrected chi connectivity index (χ2v) is 4.68. The predicted octanol–water partition coefficient (Wildman–Crippen LogP) is 1.85. The Hall–Kier alpha value is -0.780. The van der Waals surface area contributed by atoms with Crippen LogP contribution in [0.4, 0.5) is 13.2 Å². The lowest BCUT2D eigenvalue weighted by atomic mass is 9.81. The summed E-state index contributed by atoms with van der Waals surface area (Å²) in [6, 6.07) is 0. The fourth-order valence-electron chi connectivity index (χ4n) is 2.08. The molecule has 100 valence electrons. The van der Waals surface area contributed by atoms with Crippen LogP contribution in [0.25, 0.3) is 0 Å². The van der Waals surface area contributed by atoms with E-state index >= 15 is 0 Å². The average molecular weight is 253 g/mol. The normalized spacial score (nSPS) is 27.6. The van der Waals surface area contributed by atoms with Gasteiger partial charge in [0.1, 0.15) is 0 Å². The fraction of sp³-hybridized carbons (Fsp3) is 0.909. The summed E-state index contributed by atoms with van der Waals surface area (Å²) in [5.74, 6) is -1.85. The zero-order valence-corrected chi connectivity index (χ0v) is 9.76. The number of carbonyl (C=O) groups is 1. The summed E-state index contributed by atoms with van der Waals surface area (Å²) >= 11 is 0. The van der Waals surface area contributed by atoms with Crippen LogP contribution in [0.1, 0.15) is 32.6 Å². The number of hydrogen-bond acceptors (Lipinski definition) is 2. The van der Waals surface area contributed by atoms with E-state index in [2.05, 4.69) is 5.32 Å². The van der Waals surface area contributed by atoms with Crippen molar-refractivity contribution in [1.29, 1.82) is 0 Å². The van der Waals surface area contributed by atoms with E-state index in [-0.39, 0.29) is 44.1 Å². The average Bonchev–Trinajstić information content (AvgIpc) is 2.25. The maximum absolute atomic E-state index is 12.4. The number of nitrogens with one attached hydrogen (secondary N) is 1. The van der Waals surface area contributed by atoms with Gasteiger partial charge in [-0.2, -0.15) is 13.2 Å². The van der Waals surface area contributed by atoms with Crippen LogP contribution in [0.15, 0.2) is 0 Å². The molecule has 0 saturated heterocycles. The third kappa shape index (κ3) is 4.53. The van der Waals surface area contributed by atoms with E-state index in [9.17, 15) is 18.0 Å². The summed E-state index contributed by atoms with van der Waals surface area (Å²) in [4.78, 5) is 11.6. The van der Waals surface area contributed by atoms with Crippen molar-refractivity contribution in [3.05, 3.63) is 0 Å². The highest BCUT2D eigenvalue weighted by Gasteiger charge is 2.42. The van der Waals surface area contributed by atoms with Gasteiger partial charge >= 0.3 is 6.18 Å². The molecule has 3 nitrogen and oxygen atoms in total. The van der Waals surface area contributed by atoms with E-state index in [1.54, 1.807) is 6.92 Å². The third-order valence-corrected chi connectivity index (χ3v) is 3.13. The first-order chi connectivity index (χ1) is 7.80. The van der Waals surface area contributed by atoms with Crippen LogP contribution >= 0.6 is 0 Å². The summed E-state index contributed by atoms with van der Waals surface area (Å²) < 4.78 is 37.2. The van der Waals surface area contributed by atoms with Crippen molar-refractivity contribution >= 4 is 5.91 Å². The Kier molecular flexibility index (Phi) is 4.80. The zero-order valence-electron chi connectivity index (χ0n) is 9.76. The molecule has 0 aromatic carbocycles. The van der Waals surface area contributed by atoms with Crippen LogP contribution in [0, 0.1) is 11.8 Å². The summed E-state index contributed by atoms with van der Waals surface area (Å²) in [6.07, 6.45) is -4.18. The maximum atomic E-state index is 12.4. The second-order valence-electron chi connectivity index (χ2n) is 4.68. The molecule has 0 heterocycles. The molecule has 0 radical (unpaired) electrons. The number of hydrogen-bond donors (Lipinski definition) is 2. The molecule has 1 atom stereocenters. The quantitative estimate of drug-likeness (QED) is 0.806. The minimum absolute atomic E-state index is 0.0241. The molecule has 6 heteroatoms. The molecule has 1 rings (SSSR count). The molecule has 1 saturated carbocycles. The smallest absolute Gasteiger partial charge is 0.391 e. The lowest BCUT2D eigenvalue weighted by Crippen LogP contribution is -2.38. The first-order valence-corrected chi connectivity index (χ1v) is 5.83. The molecule has 17 heavy (non-hydrogen) atoms. The summed E-state index contributed by atoms with van der Waals surface area (Å²) in [5, 5.41) is 11.5. The number of amides is 1. The van der Waals surface area contributed by atoms with Crippen molar-refractivity contribution in [2.45, 2.75) is 44.9 Å². The van der Waals surface area contributed by atoms with Crippen LogP contribution < -0.4 is 5.32 Å². The van der Waals surface area contributed by atoms with Crippen LogP contribution in [-0.4, -0.2) is 29.8 Å². The fourth-order valence-corrected chi connectivity index (χ4v) is 2.08. The molecule has 0 aliphatic heterocycles. The van der Waals surface area contributed by atoms with Crippen LogP contribution in [0.5, 0.6) is 0 Å². The Balaban J connectivity index is 2.34. The van der Waals surface area contributed by atoms with Gasteiger partial charge in [-0.05, 0) is 32.6 Å². The molecular formula is C11H18F3NO2. The standard InChI is InChI=1S/C11H18F3NO2/c1-7(16)6-15-10(17)8-2-4-9(5-3-8)11(12,13)14/h7-9,16H,2-6H2,1H3,(H,15,17)/t7-,8?,9?/m1/s1. The summed E-state index contributed by atoms with van der Waals surface area (Å²) in [6.45, 7) is 1.69. The van der Waals surface area contributed by atoms with Crippen molar-refractivity contribution in [3.8, 4) is 0 Å². The number of rotatable bonds is 3. The SMILES string of the molecule is C[C@@H](O)CNC(=O)C1CCC(C(F)(F)F)CC1. The largest absolute Gasteiger partial charge is 0.392 e. The van der Waals surface area contributed by atoms with E-state index in [4.69, 9.17) is 5.11 Å². The van der Waals surface area contributed by atoms with Gasteiger partial charge in [0, 0.05) is 12.5 Å². The number of halogens is 3. The third-order valence-electron chi connectivity index (χ3n) is 3.13. The lowest BCUT2D eigenvalue weighted by Gasteiger charge is -2.29. The molecule has 1 fully saturated rings. The van der Waals surface area contributed by atoms with Crippen molar-refractivity contribution in [1.82, 2.24) is 5.32 Å². The van der Waals surface area contributed by atoms with Gasteiger partial charge < -0.3 is 10.4 Å². The predicted molar refractivity (Wildman–Crippen MR) is 56.2 cm³/mol. The molecule has 1 aliphatic carbocycles. The monoisotopic (exact) mass is 253 g/mol. The molecule has 0 spiro atoms. The van der Waals surface area contributed by atoms with Crippen molar-refractivity contribution in [3.63, 3.8) is 0 Å². The Morgan fingerprint density at radius 1 is 1.35 bits per heavy atom. The molecule has 1 amide bonds. The van der Waals surface area contributed by atoms with E-state index in [1.165, 1.54) is 0 Å². The van der Waals surface area contributed by atoms with Crippen molar-refractivity contribution in [2.75, 3.05) is 6.54 Å². The molecule has 0 aromatic heterocycles. The molecule has 0 aromatic rings. The first-order valence-electron chi connectivity index (χ1n) is 5.83. The van der Waals surface area contributed by atoms with E-state index in [0.29, 0.717) is 0 Å². The molecular weight excluding hydrogens is 235 g/mol.